The number of nitrogens with one attached hydrogen (secondary N) is 1. The molecule has 1 aliphatic heterocycles. The van der Waals surface area contributed by atoms with Gasteiger partial charge >= 0.3 is 5.97 Å². The van der Waals surface area contributed by atoms with Crippen molar-refractivity contribution in [2.75, 3.05) is 13.2 Å². The van der Waals surface area contributed by atoms with Gasteiger partial charge in [0, 0.05) is 12.2 Å². The Morgan fingerprint density at radius 1 is 1.83 bits per heavy atom. The Morgan fingerprint density at radius 2 is 2.58 bits per heavy atom. The molecule has 1 atom stereocenters. The molecule has 1 unspecified atom stereocenters. The molecule has 68 valence electrons. The van der Waals surface area contributed by atoms with Crippen LogP contribution in [0.5, 0.6) is 0 Å². The SMILES string of the molecule is C=C1CC(C(=O)OCC)CCN1. The minimum atomic E-state index is -0.0832. The van der Waals surface area contributed by atoms with Crippen LogP contribution >= 0.6 is 0 Å². The lowest BCUT2D eigenvalue weighted by molar-refractivity contribution is -0.148. The lowest BCUT2D eigenvalue weighted by Crippen LogP contribution is -2.30. The van der Waals surface area contributed by atoms with E-state index in [1.54, 1.807) is 0 Å². The first-order valence-electron chi connectivity index (χ1n) is 4.32. The lowest BCUT2D eigenvalue weighted by Gasteiger charge is -2.23. The molecule has 0 aromatic rings. The van der Waals surface area contributed by atoms with Crippen molar-refractivity contribution in [1.29, 1.82) is 0 Å². The summed E-state index contributed by atoms with van der Waals surface area (Å²) in [5, 5.41) is 3.11. The zero-order valence-electron chi connectivity index (χ0n) is 7.43. The predicted octanol–water partition coefficient (Wildman–Crippen LogP) is 1.06. The normalized spacial score (nSPS) is 23.1. The van der Waals surface area contributed by atoms with Gasteiger partial charge in [-0.2, -0.15) is 0 Å². The summed E-state index contributed by atoms with van der Waals surface area (Å²) in [6.45, 7) is 6.92. The Labute approximate surface area is 72.8 Å². The van der Waals surface area contributed by atoms with Gasteiger partial charge in [-0.3, -0.25) is 4.79 Å². The van der Waals surface area contributed by atoms with Crippen LogP contribution in [0.3, 0.4) is 0 Å². The van der Waals surface area contributed by atoms with E-state index in [0.717, 1.165) is 25.1 Å². The summed E-state index contributed by atoms with van der Waals surface area (Å²) in [5.41, 5.74) is 0.944. The summed E-state index contributed by atoms with van der Waals surface area (Å²) in [5.74, 6) is -0.0566. The van der Waals surface area contributed by atoms with Gasteiger partial charge in [-0.1, -0.05) is 6.58 Å². The molecule has 0 amide bonds. The van der Waals surface area contributed by atoms with E-state index in [2.05, 4.69) is 11.9 Å². The molecule has 0 saturated carbocycles. The van der Waals surface area contributed by atoms with Crippen molar-refractivity contribution in [1.82, 2.24) is 5.32 Å². The van der Waals surface area contributed by atoms with Gasteiger partial charge < -0.3 is 10.1 Å². The average Bonchev–Trinajstić information content (AvgIpc) is 2.05. The first-order chi connectivity index (χ1) is 5.74. The molecule has 0 aromatic carbocycles. The molecule has 0 aliphatic carbocycles. The molecule has 0 radical (unpaired) electrons. The summed E-state index contributed by atoms with van der Waals surface area (Å²) in [6.07, 6.45) is 1.58. The number of carbonyl (C=O) groups is 1. The van der Waals surface area contributed by atoms with E-state index in [4.69, 9.17) is 4.74 Å². The zero-order valence-corrected chi connectivity index (χ0v) is 7.43. The van der Waals surface area contributed by atoms with E-state index < -0.39 is 0 Å². The van der Waals surface area contributed by atoms with E-state index in [1.807, 2.05) is 6.92 Å². The molecule has 1 heterocycles. The van der Waals surface area contributed by atoms with Crippen molar-refractivity contribution in [2.45, 2.75) is 19.8 Å². The van der Waals surface area contributed by atoms with Crippen LogP contribution in [0.25, 0.3) is 0 Å². The summed E-state index contributed by atoms with van der Waals surface area (Å²) in [6, 6.07) is 0. The smallest absolute Gasteiger partial charge is 0.309 e. The number of carbonyl (C=O) groups excluding carboxylic acids is 1. The fourth-order valence-electron chi connectivity index (χ4n) is 1.36. The maximum absolute atomic E-state index is 11.3. The predicted molar refractivity (Wildman–Crippen MR) is 46.5 cm³/mol. The van der Waals surface area contributed by atoms with Gasteiger partial charge in [0.1, 0.15) is 0 Å². The second-order valence-corrected chi connectivity index (χ2v) is 2.97. The topological polar surface area (TPSA) is 38.3 Å². The maximum atomic E-state index is 11.3. The summed E-state index contributed by atoms with van der Waals surface area (Å²) >= 11 is 0. The average molecular weight is 169 g/mol. The van der Waals surface area contributed by atoms with Gasteiger partial charge in [-0.25, -0.2) is 0 Å². The van der Waals surface area contributed by atoms with Crippen LogP contribution in [0.15, 0.2) is 12.3 Å². The first kappa shape index (κ1) is 9.10. The number of rotatable bonds is 2. The second-order valence-electron chi connectivity index (χ2n) is 2.97. The van der Waals surface area contributed by atoms with Crippen molar-refractivity contribution in [2.24, 2.45) is 5.92 Å². The Morgan fingerprint density at radius 3 is 3.17 bits per heavy atom. The molecule has 12 heavy (non-hydrogen) atoms. The van der Waals surface area contributed by atoms with Crippen molar-refractivity contribution < 1.29 is 9.53 Å². The molecule has 1 rings (SSSR count). The van der Waals surface area contributed by atoms with E-state index in [-0.39, 0.29) is 11.9 Å². The van der Waals surface area contributed by atoms with Crippen molar-refractivity contribution in [3.8, 4) is 0 Å². The van der Waals surface area contributed by atoms with Gasteiger partial charge in [0.25, 0.3) is 0 Å². The fourth-order valence-corrected chi connectivity index (χ4v) is 1.36. The van der Waals surface area contributed by atoms with Crippen molar-refractivity contribution in [3.05, 3.63) is 12.3 Å². The van der Waals surface area contributed by atoms with E-state index >= 15 is 0 Å². The molecule has 1 aliphatic rings. The summed E-state index contributed by atoms with van der Waals surface area (Å²) < 4.78 is 4.92. The third-order valence-corrected chi connectivity index (χ3v) is 1.98. The third-order valence-electron chi connectivity index (χ3n) is 1.98. The van der Waals surface area contributed by atoms with Gasteiger partial charge in [-0.15, -0.1) is 0 Å². The summed E-state index contributed by atoms with van der Waals surface area (Å²) in [7, 11) is 0. The molecule has 1 N–H and O–H groups in total. The Balaban J connectivity index is 2.40. The van der Waals surface area contributed by atoms with Crippen LogP contribution in [0.1, 0.15) is 19.8 Å². The quantitative estimate of drug-likeness (QED) is 0.628. The number of hydrogen-bond acceptors (Lipinski definition) is 3. The van der Waals surface area contributed by atoms with Crippen LogP contribution in [-0.4, -0.2) is 19.1 Å². The van der Waals surface area contributed by atoms with Crippen LogP contribution < -0.4 is 5.32 Å². The number of hydrogen-bond donors (Lipinski definition) is 1. The Hall–Kier alpha value is -0.990. The molecule has 1 saturated heterocycles. The molecule has 1 fully saturated rings. The largest absolute Gasteiger partial charge is 0.466 e. The van der Waals surface area contributed by atoms with Crippen molar-refractivity contribution in [3.63, 3.8) is 0 Å². The first-order valence-corrected chi connectivity index (χ1v) is 4.32. The van der Waals surface area contributed by atoms with E-state index in [9.17, 15) is 4.79 Å². The lowest BCUT2D eigenvalue weighted by atomic mass is 9.96. The van der Waals surface area contributed by atoms with Crippen molar-refractivity contribution >= 4 is 5.97 Å². The maximum Gasteiger partial charge on any atom is 0.309 e. The fraction of sp³-hybridized carbons (Fsp3) is 0.667. The molecular formula is C9H15NO2. The highest BCUT2D eigenvalue weighted by Gasteiger charge is 2.23. The van der Waals surface area contributed by atoms with Gasteiger partial charge in [0.05, 0.1) is 12.5 Å². The molecule has 3 nitrogen and oxygen atoms in total. The molecule has 3 heteroatoms. The number of esters is 1. The highest BCUT2D eigenvalue weighted by atomic mass is 16.5. The van der Waals surface area contributed by atoms with Crippen LogP contribution in [0.2, 0.25) is 0 Å². The minimum Gasteiger partial charge on any atom is -0.466 e. The summed E-state index contributed by atoms with van der Waals surface area (Å²) in [4.78, 5) is 11.3. The standard InChI is InChI=1S/C9H15NO2/c1-3-12-9(11)8-4-5-10-7(2)6-8/h8,10H,2-6H2,1H3. The zero-order chi connectivity index (χ0) is 8.97. The molecule has 0 bridgehead atoms. The van der Waals surface area contributed by atoms with E-state index in [0.29, 0.717) is 6.61 Å². The number of allylic oxidation sites excluding steroid dienone is 1. The molecular weight excluding hydrogens is 154 g/mol. The Bertz CT molecular complexity index is 189. The van der Waals surface area contributed by atoms with Crippen LogP contribution in [0.4, 0.5) is 0 Å². The third kappa shape index (κ3) is 2.26. The van der Waals surface area contributed by atoms with Crippen LogP contribution in [0, 0.1) is 5.92 Å². The van der Waals surface area contributed by atoms with Crippen LogP contribution in [-0.2, 0) is 9.53 Å². The second kappa shape index (κ2) is 4.14. The molecule has 0 aromatic heterocycles. The molecule has 0 spiro atoms. The highest BCUT2D eigenvalue weighted by Crippen LogP contribution is 2.18. The monoisotopic (exact) mass is 169 g/mol. The van der Waals surface area contributed by atoms with Gasteiger partial charge in [0.15, 0.2) is 0 Å². The van der Waals surface area contributed by atoms with Gasteiger partial charge in [0.2, 0.25) is 0 Å². The minimum absolute atomic E-state index is 0.0266. The highest BCUT2D eigenvalue weighted by molar-refractivity contribution is 5.72. The number of piperidine rings is 1. The number of ether oxygens (including phenoxy) is 1. The van der Waals surface area contributed by atoms with E-state index in [1.165, 1.54) is 0 Å². The Kier molecular flexibility index (Phi) is 3.14. The van der Waals surface area contributed by atoms with Gasteiger partial charge in [-0.05, 0) is 19.8 Å².